The number of alkyl halides is 2. The second-order valence-electron chi connectivity index (χ2n) is 10.2. The molecule has 2 rings (SSSR count). The van der Waals surface area contributed by atoms with Gasteiger partial charge in [-0.25, -0.2) is 18.4 Å². The Bertz CT molecular complexity index is 1400. The summed E-state index contributed by atoms with van der Waals surface area (Å²) in [6.07, 6.45) is 1.82. The summed E-state index contributed by atoms with van der Waals surface area (Å²) in [7, 11) is 0. The minimum Gasteiger partial charge on any atom is -0.480 e. The number of ether oxygens (including phenoxy) is 2. The van der Waals surface area contributed by atoms with Gasteiger partial charge in [-0.3, -0.25) is 14.4 Å². The van der Waals surface area contributed by atoms with Gasteiger partial charge >= 0.3 is 18.0 Å². The molecule has 3 amide bonds. The zero-order chi connectivity index (χ0) is 35.4. The average molecular weight is 661 g/mol. The number of anilines is 2. The van der Waals surface area contributed by atoms with Gasteiger partial charge in [-0.05, 0) is 49.9 Å². The number of carbonyl (C=O) groups is 5. The highest BCUT2D eigenvalue weighted by atomic mass is 19.1. The van der Waals surface area contributed by atoms with Gasteiger partial charge in [-0.2, -0.15) is 0 Å². The van der Waals surface area contributed by atoms with Gasteiger partial charge in [-0.15, -0.1) is 0 Å². The van der Waals surface area contributed by atoms with Gasteiger partial charge in [0.2, 0.25) is 11.8 Å². The van der Waals surface area contributed by atoms with Crippen molar-refractivity contribution in [2.24, 2.45) is 5.73 Å². The number of aryl methyl sites for hydroxylation is 2. The van der Waals surface area contributed by atoms with Crippen molar-refractivity contribution < 1.29 is 47.3 Å². The molecule has 0 saturated heterocycles. The van der Waals surface area contributed by atoms with Crippen molar-refractivity contribution in [2.75, 3.05) is 23.8 Å². The number of esters is 1. The smallest absolute Gasteiger partial charge is 0.408 e. The lowest BCUT2D eigenvalue weighted by molar-refractivity contribution is -0.145. The van der Waals surface area contributed by atoms with Crippen molar-refractivity contribution >= 4 is 41.2 Å². The van der Waals surface area contributed by atoms with E-state index in [1.807, 2.05) is 13.8 Å². The van der Waals surface area contributed by atoms with Crippen LogP contribution in [0.4, 0.5) is 25.0 Å². The Labute approximate surface area is 272 Å². The summed E-state index contributed by atoms with van der Waals surface area (Å²) < 4.78 is 35.5. The fourth-order valence-electron chi connectivity index (χ4n) is 3.77. The van der Waals surface area contributed by atoms with E-state index in [0.717, 1.165) is 11.1 Å². The maximum absolute atomic E-state index is 13.1. The Hall–Kier alpha value is -5.11. The quantitative estimate of drug-likeness (QED) is 0.118. The number of carboxylic acids is 1. The number of halogens is 2. The van der Waals surface area contributed by atoms with E-state index >= 15 is 0 Å². The zero-order valence-corrected chi connectivity index (χ0v) is 26.5. The van der Waals surface area contributed by atoms with Crippen molar-refractivity contribution in [3.63, 3.8) is 0 Å². The molecular weight excluding hydrogens is 618 g/mol. The first-order valence-corrected chi connectivity index (χ1v) is 14.6. The number of nitrogens with one attached hydrogen (secondary N) is 3. The van der Waals surface area contributed by atoms with E-state index < -0.39 is 49.4 Å². The number of aliphatic carboxylic acids is 1. The third-order valence-corrected chi connectivity index (χ3v) is 6.28. The third kappa shape index (κ3) is 15.6. The molecule has 0 bridgehead atoms. The van der Waals surface area contributed by atoms with E-state index in [1.54, 1.807) is 36.4 Å². The molecule has 2 aromatic carbocycles. The highest BCUT2D eigenvalue weighted by molar-refractivity contribution is 5.93. The van der Waals surface area contributed by atoms with Crippen molar-refractivity contribution in [3.05, 3.63) is 84.0 Å². The minimum absolute atomic E-state index is 0.0207. The van der Waals surface area contributed by atoms with Crippen LogP contribution in [-0.2, 0) is 42.0 Å². The topological polar surface area (TPSA) is 186 Å². The van der Waals surface area contributed by atoms with Gasteiger partial charge in [0.05, 0.1) is 0 Å². The van der Waals surface area contributed by atoms with E-state index in [9.17, 15) is 32.8 Å². The normalized spacial score (nSPS) is 11.4. The first kappa shape index (κ1) is 39.9. The van der Waals surface area contributed by atoms with E-state index in [1.165, 1.54) is 12.2 Å². The molecular formula is C33H42F2N4O8. The van der Waals surface area contributed by atoms with Crippen LogP contribution in [-0.4, -0.2) is 60.3 Å². The number of benzene rings is 2. The minimum atomic E-state index is -1.15. The fraction of sp³-hybridized carbons (Fsp3) is 0.364. The first-order chi connectivity index (χ1) is 22.3. The Morgan fingerprint density at radius 2 is 1.30 bits per heavy atom. The van der Waals surface area contributed by atoms with Crippen molar-refractivity contribution in [1.82, 2.24) is 5.32 Å². The van der Waals surface area contributed by atoms with Gasteiger partial charge in [-0.1, -0.05) is 49.6 Å². The molecule has 14 heteroatoms. The van der Waals surface area contributed by atoms with Gasteiger partial charge in [0.1, 0.15) is 38.6 Å². The molecule has 6 N–H and O–H groups in total. The molecule has 256 valence electrons. The Kier molecular flexibility index (Phi) is 18.3. The third-order valence-electron chi connectivity index (χ3n) is 6.28. The summed E-state index contributed by atoms with van der Waals surface area (Å²) in [6.45, 7) is 9.06. The number of alkyl carbamates (subject to hydrolysis) is 1. The molecule has 0 aliphatic carbocycles. The Morgan fingerprint density at radius 1 is 0.830 bits per heavy atom. The number of rotatable bonds is 17. The molecule has 0 spiro atoms. The number of carbonyl (C=O) groups excluding carboxylic acids is 4. The predicted octanol–water partition coefficient (Wildman–Crippen LogP) is 4.79. The lowest BCUT2D eigenvalue weighted by atomic mass is 10.1. The lowest BCUT2D eigenvalue weighted by Gasteiger charge is -2.17. The van der Waals surface area contributed by atoms with Crippen molar-refractivity contribution in [3.8, 4) is 0 Å². The van der Waals surface area contributed by atoms with E-state index in [2.05, 4.69) is 29.1 Å². The fourth-order valence-corrected chi connectivity index (χ4v) is 3.77. The van der Waals surface area contributed by atoms with Crippen LogP contribution in [0.2, 0.25) is 0 Å². The molecule has 0 unspecified atom stereocenters. The van der Waals surface area contributed by atoms with Crippen LogP contribution in [0.5, 0.6) is 0 Å². The Balaban J connectivity index is 0.000000506. The molecule has 0 aliphatic rings. The molecule has 47 heavy (non-hydrogen) atoms. The molecule has 0 aliphatic heterocycles. The lowest BCUT2D eigenvalue weighted by Crippen LogP contribution is -2.42. The van der Waals surface area contributed by atoms with Crippen molar-refractivity contribution in [2.45, 2.75) is 65.0 Å². The van der Waals surface area contributed by atoms with Gasteiger partial charge in [0, 0.05) is 35.3 Å². The van der Waals surface area contributed by atoms with Crippen LogP contribution >= 0.6 is 0 Å². The van der Waals surface area contributed by atoms with Gasteiger partial charge < -0.3 is 36.3 Å². The van der Waals surface area contributed by atoms with Crippen LogP contribution in [0.1, 0.15) is 47.9 Å². The highest BCUT2D eigenvalue weighted by Gasteiger charge is 2.24. The average Bonchev–Trinajstić information content (AvgIpc) is 3.03. The molecule has 0 fully saturated rings. The molecule has 0 heterocycles. The number of amides is 3. The molecule has 0 saturated carbocycles. The molecule has 2 aromatic rings. The summed E-state index contributed by atoms with van der Waals surface area (Å²) >= 11 is 0. The first-order valence-electron chi connectivity index (χ1n) is 14.6. The van der Waals surface area contributed by atoms with Gasteiger partial charge in [0.15, 0.2) is 0 Å². The van der Waals surface area contributed by atoms with Crippen LogP contribution in [0.25, 0.3) is 0 Å². The zero-order valence-electron chi connectivity index (χ0n) is 26.5. The van der Waals surface area contributed by atoms with E-state index in [-0.39, 0.29) is 44.8 Å². The SMILES string of the molecule is C=CCOC(=O)N[C@@H](CCC(=O)Nc1cc(C)ccc1CF)C(=O)OCC=C.Cc1ccc(CF)c(NC(=O)CC[C@H](N)C(=O)O)c1. The predicted molar refractivity (Wildman–Crippen MR) is 173 cm³/mol. The van der Waals surface area contributed by atoms with E-state index in [0.29, 0.717) is 22.5 Å². The number of hydrogen-bond acceptors (Lipinski definition) is 8. The highest BCUT2D eigenvalue weighted by Crippen LogP contribution is 2.20. The van der Waals surface area contributed by atoms with Crippen LogP contribution < -0.4 is 21.7 Å². The summed E-state index contributed by atoms with van der Waals surface area (Å²) in [6, 6.07) is 7.88. The van der Waals surface area contributed by atoms with Crippen LogP contribution in [0.3, 0.4) is 0 Å². The second kappa shape index (κ2) is 21.6. The Morgan fingerprint density at radius 3 is 1.74 bits per heavy atom. The summed E-state index contributed by atoms with van der Waals surface area (Å²) in [5.74, 6) is -2.67. The summed E-state index contributed by atoms with van der Waals surface area (Å²) in [5.41, 5.74) is 8.59. The second-order valence-corrected chi connectivity index (χ2v) is 10.2. The standard InChI is InChI=1S/C20H25FN2O5.C13H17FN2O3/c1-4-10-27-19(25)16(23-20(26)28-11-5-2)8-9-18(24)22-17-12-14(3)6-7-15(17)13-21;1-8-2-3-9(7-14)11(6-8)16-12(17)5-4-10(15)13(18)19/h4-7,12,16H,1-2,8-11,13H2,3H3,(H,22,24)(H,23,26);2-3,6,10H,4-5,7,15H2,1H3,(H,16,17)(H,18,19)/t16-;10-/m00/s1. The molecule has 2 atom stereocenters. The van der Waals surface area contributed by atoms with Crippen LogP contribution in [0.15, 0.2) is 61.7 Å². The van der Waals surface area contributed by atoms with Crippen LogP contribution in [0, 0.1) is 13.8 Å². The summed E-state index contributed by atoms with van der Waals surface area (Å²) in [5, 5.41) is 16.1. The van der Waals surface area contributed by atoms with Crippen molar-refractivity contribution in [1.29, 1.82) is 0 Å². The molecule has 12 nitrogen and oxygen atoms in total. The van der Waals surface area contributed by atoms with Gasteiger partial charge in [0.25, 0.3) is 0 Å². The number of carboxylic acid groups (broad SMARTS) is 1. The monoisotopic (exact) mass is 660 g/mol. The number of hydrogen-bond donors (Lipinski definition) is 5. The molecule has 0 aromatic heterocycles. The summed E-state index contributed by atoms with van der Waals surface area (Å²) in [4.78, 5) is 58.2. The maximum atomic E-state index is 13.1. The number of nitrogens with two attached hydrogens (primary N) is 1. The largest absolute Gasteiger partial charge is 0.480 e. The maximum Gasteiger partial charge on any atom is 0.408 e. The molecule has 0 radical (unpaired) electrons. The van der Waals surface area contributed by atoms with E-state index in [4.69, 9.17) is 20.3 Å².